The van der Waals surface area contributed by atoms with E-state index >= 15 is 0 Å². The van der Waals surface area contributed by atoms with E-state index in [4.69, 9.17) is 23.7 Å². The number of carbonyl (C=O) groups excluding carboxylic acids is 3. The molecule has 202 valence electrons. The van der Waals surface area contributed by atoms with Crippen molar-refractivity contribution in [3.63, 3.8) is 0 Å². The molecular formula is C28H32N2O8. The van der Waals surface area contributed by atoms with Gasteiger partial charge in [-0.2, -0.15) is 0 Å². The van der Waals surface area contributed by atoms with Crippen LogP contribution < -0.4 is 23.7 Å². The highest BCUT2D eigenvalue weighted by atomic mass is 16.5. The number of rotatable bonds is 7. The highest BCUT2D eigenvalue weighted by Crippen LogP contribution is 2.48. The molecule has 3 aliphatic rings. The molecule has 0 aromatic heterocycles. The monoisotopic (exact) mass is 524 g/mol. The number of benzene rings is 2. The van der Waals surface area contributed by atoms with Gasteiger partial charge in [0.2, 0.25) is 11.7 Å². The number of nitrogens with zero attached hydrogens (tertiary/aromatic N) is 2. The van der Waals surface area contributed by atoms with Crippen LogP contribution in [0.4, 0.5) is 0 Å². The third-order valence-electron chi connectivity index (χ3n) is 7.87. The van der Waals surface area contributed by atoms with Crippen molar-refractivity contribution in [2.45, 2.75) is 43.8 Å². The van der Waals surface area contributed by atoms with Crippen LogP contribution in [0.1, 0.15) is 46.8 Å². The van der Waals surface area contributed by atoms with Gasteiger partial charge in [0, 0.05) is 23.7 Å². The maximum Gasteiger partial charge on any atom is 0.295 e. The summed E-state index contributed by atoms with van der Waals surface area (Å²) in [5, 5.41) is 0. The summed E-state index contributed by atoms with van der Waals surface area (Å²) in [6.45, 7) is 0.530. The van der Waals surface area contributed by atoms with E-state index in [0.717, 1.165) is 17.5 Å². The lowest BCUT2D eigenvalue weighted by Crippen LogP contribution is -2.68. The number of hydrogen-bond donors (Lipinski definition) is 0. The quantitative estimate of drug-likeness (QED) is 0.402. The minimum absolute atomic E-state index is 0.101. The summed E-state index contributed by atoms with van der Waals surface area (Å²) >= 11 is 0. The first-order valence-corrected chi connectivity index (χ1v) is 12.6. The third-order valence-corrected chi connectivity index (χ3v) is 7.87. The van der Waals surface area contributed by atoms with Gasteiger partial charge in [-0.15, -0.1) is 0 Å². The zero-order valence-electron chi connectivity index (χ0n) is 22.2. The Morgan fingerprint density at radius 3 is 2.13 bits per heavy atom. The van der Waals surface area contributed by atoms with Crippen LogP contribution in [0, 0.1) is 0 Å². The second-order valence-corrected chi connectivity index (χ2v) is 9.60. The maximum absolute atomic E-state index is 13.9. The van der Waals surface area contributed by atoms with Crippen molar-refractivity contribution in [3.05, 3.63) is 41.0 Å². The summed E-state index contributed by atoms with van der Waals surface area (Å²) in [5.41, 5.74) is 1.99. The first-order chi connectivity index (χ1) is 18.4. The van der Waals surface area contributed by atoms with Gasteiger partial charge in [-0.05, 0) is 49.4 Å². The van der Waals surface area contributed by atoms with Gasteiger partial charge in [0.05, 0.1) is 47.6 Å². The van der Waals surface area contributed by atoms with Crippen LogP contribution in [0.3, 0.4) is 0 Å². The molecule has 2 bridgehead atoms. The van der Waals surface area contributed by atoms with Crippen LogP contribution in [-0.4, -0.2) is 81.6 Å². The first-order valence-electron chi connectivity index (χ1n) is 12.6. The topological polar surface area (TPSA) is 104 Å². The van der Waals surface area contributed by atoms with Gasteiger partial charge in [-0.3, -0.25) is 14.4 Å². The van der Waals surface area contributed by atoms with Crippen LogP contribution >= 0.6 is 0 Å². The molecule has 0 aliphatic carbocycles. The molecule has 2 saturated heterocycles. The second-order valence-electron chi connectivity index (χ2n) is 9.60. The number of fused-ring (bicyclic) bond motifs is 6. The molecule has 0 spiro atoms. The minimum Gasteiger partial charge on any atom is -0.497 e. The molecule has 10 heteroatoms. The smallest absolute Gasteiger partial charge is 0.295 e. The number of piperidine rings is 1. The molecule has 2 amide bonds. The van der Waals surface area contributed by atoms with Crippen molar-refractivity contribution in [1.29, 1.82) is 0 Å². The van der Waals surface area contributed by atoms with Crippen LogP contribution in [0.2, 0.25) is 0 Å². The molecule has 1 unspecified atom stereocenters. The van der Waals surface area contributed by atoms with E-state index in [1.165, 1.54) is 38.4 Å². The lowest BCUT2D eigenvalue weighted by atomic mass is 9.78. The van der Waals surface area contributed by atoms with Crippen LogP contribution in [0.25, 0.3) is 0 Å². The molecule has 3 heterocycles. The molecule has 3 aliphatic heterocycles. The Hall–Kier alpha value is -3.95. The number of ketones is 1. The average molecular weight is 525 g/mol. The molecule has 2 aromatic carbocycles. The van der Waals surface area contributed by atoms with Gasteiger partial charge in [0.15, 0.2) is 11.5 Å². The fourth-order valence-electron chi connectivity index (χ4n) is 6.19. The number of amides is 2. The molecule has 0 saturated carbocycles. The number of ether oxygens (including phenoxy) is 5. The molecule has 0 radical (unpaired) electrons. The van der Waals surface area contributed by atoms with E-state index in [9.17, 15) is 14.4 Å². The third kappa shape index (κ3) is 3.90. The van der Waals surface area contributed by atoms with Crippen molar-refractivity contribution in [2.24, 2.45) is 0 Å². The molecule has 2 aromatic rings. The van der Waals surface area contributed by atoms with Crippen molar-refractivity contribution in [3.8, 4) is 28.7 Å². The van der Waals surface area contributed by atoms with E-state index in [1.54, 1.807) is 20.3 Å². The van der Waals surface area contributed by atoms with Gasteiger partial charge in [0.1, 0.15) is 17.5 Å². The Morgan fingerprint density at radius 1 is 0.842 bits per heavy atom. The highest BCUT2D eigenvalue weighted by molar-refractivity contribution is 6.43. The van der Waals surface area contributed by atoms with E-state index in [0.29, 0.717) is 43.1 Å². The van der Waals surface area contributed by atoms with E-state index < -0.39 is 23.8 Å². The lowest BCUT2D eigenvalue weighted by molar-refractivity contribution is -0.164. The summed E-state index contributed by atoms with van der Waals surface area (Å²) in [5.74, 6) is 0.536. The number of piperazine rings is 1. The fraction of sp³-hybridized carbons (Fsp3) is 0.464. The Bertz CT molecular complexity index is 1250. The molecule has 3 atom stereocenters. The van der Waals surface area contributed by atoms with Crippen molar-refractivity contribution in [1.82, 2.24) is 9.80 Å². The van der Waals surface area contributed by atoms with Gasteiger partial charge in [-0.1, -0.05) is 0 Å². The van der Waals surface area contributed by atoms with Gasteiger partial charge < -0.3 is 33.5 Å². The molecule has 5 rings (SSSR count). The lowest BCUT2D eigenvalue weighted by Gasteiger charge is -2.55. The fourth-order valence-corrected chi connectivity index (χ4v) is 6.19. The molecule has 38 heavy (non-hydrogen) atoms. The summed E-state index contributed by atoms with van der Waals surface area (Å²) in [7, 11) is 7.53. The summed E-state index contributed by atoms with van der Waals surface area (Å²) in [6, 6.07) is 5.21. The average Bonchev–Trinajstić information content (AvgIpc) is 2.96. The van der Waals surface area contributed by atoms with Crippen LogP contribution in [0.5, 0.6) is 28.7 Å². The Kier molecular flexibility index (Phi) is 6.81. The Labute approximate surface area is 221 Å². The van der Waals surface area contributed by atoms with E-state index in [2.05, 4.69) is 0 Å². The van der Waals surface area contributed by atoms with E-state index in [1.807, 2.05) is 11.0 Å². The van der Waals surface area contributed by atoms with E-state index in [-0.39, 0.29) is 29.0 Å². The summed E-state index contributed by atoms with van der Waals surface area (Å²) in [4.78, 5) is 44.6. The molecule has 0 N–H and O–H groups in total. The van der Waals surface area contributed by atoms with Gasteiger partial charge >= 0.3 is 0 Å². The van der Waals surface area contributed by atoms with Crippen molar-refractivity contribution < 1.29 is 38.1 Å². The zero-order valence-corrected chi connectivity index (χ0v) is 22.2. The summed E-state index contributed by atoms with van der Waals surface area (Å²) in [6.07, 6.45) is 2.61. The first kappa shape index (κ1) is 25.7. The van der Waals surface area contributed by atoms with Crippen molar-refractivity contribution >= 4 is 17.6 Å². The maximum atomic E-state index is 13.9. The highest BCUT2D eigenvalue weighted by Gasteiger charge is 2.54. The second kappa shape index (κ2) is 10.1. The molecule has 2 fully saturated rings. The number of methoxy groups -OCH3 is 5. The van der Waals surface area contributed by atoms with Crippen LogP contribution in [-0.2, 0) is 16.0 Å². The zero-order chi connectivity index (χ0) is 27.1. The Morgan fingerprint density at radius 2 is 1.53 bits per heavy atom. The van der Waals surface area contributed by atoms with Gasteiger partial charge in [0.25, 0.3) is 11.7 Å². The number of carbonyl (C=O) groups is 3. The predicted octanol–water partition coefficient (Wildman–Crippen LogP) is 2.80. The predicted molar refractivity (Wildman–Crippen MR) is 136 cm³/mol. The largest absolute Gasteiger partial charge is 0.497 e. The van der Waals surface area contributed by atoms with Gasteiger partial charge in [-0.25, -0.2) is 0 Å². The molecule has 10 nitrogen and oxygen atoms in total. The minimum atomic E-state index is -0.736. The number of Topliss-reactive ketones (excluding diaryl/α,β-unsaturated/α-hetero) is 1. The number of hydrogen-bond acceptors (Lipinski definition) is 8. The summed E-state index contributed by atoms with van der Waals surface area (Å²) < 4.78 is 27.3. The van der Waals surface area contributed by atoms with Crippen LogP contribution in [0.15, 0.2) is 24.3 Å². The molecular weight excluding hydrogens is 492 g/mol. The normalized spacial score (nSPS) is 21.7. The SMILES string of the molecule is COc1cc2c(c(OC)c1)C1[C@H]3CCC[C@@H](C(=O)N1CC2)N3C(=O)C(=O)c1cc(OC)c(OC)c(OC)c1. The van der Waals surface area contributed by atoms with Crippen molar-refractivity contribution in [2.75, 3.05) is 42.1 Å². The Balaban J connectivity index is 1.57. The standard InChI is InChI=1S/C28H32N2O8/c1-34-17-11-15-9-10-29-24(23(15)20(14-17)35-2)18-7-6-8-19(27(29)32)30(18)28(33)25(31)16-12-21(36-3)26(38-5)22(13-16)37-4/h11-14,18-19,24H,6-10H2,1-5H3/t18-,19+,24?/m1/s1.